The molecule has 0 fully saturated rings. The summed E-state index contributed by atoms with van der Waals surface area (Å²) < 4.78 is 1.09. The van der Waals surface area contributed by atoms with Crippen molar-refractivity contribution in [2.24, 2.45) is 0 Å². The molecule has 0 saturated heterocycles. The first kappa shape index (κ1) is 15.3. The second kappa shape index (κ2) is 6.26. The number of carbonyl (C=O) groups is 1. The number of pyridine rings is 1. The lowest BCUT2D eigenvalue weighted by Gasteiger charge is -2.06. The second-order valence-electron chi connectivity index (χ2n) is 5.32. The SMILES string of the molecule is CNC(=O)CCc1cnc(N)c2c(-c3ccc(N)cc3)csc12. The summed E-state index contributed by atoms with van der Waals surface area (Å²) in [5, 5.41) is 5.67. The molecule has 0 aliphatic carbocycles. The van der Waals surface area contributed by atoms with Crippen molar-refractivity contribution in [1.82, 2.24) is 10.3 Å². The summed E-state index contributed by atoms with van der Waals surface area (Å²) in [4.78, 5) is 15.8. The monoisotopic (exact) mass is 326 g/mol. The van der Waals surface area contributed by atoms with Crippen LogP contribution in [0.2, 0.25) is 0 Å². The normalized spacial score (nSPS) is 10.8. The van der Waals surface area contributed by atoms with Gasteiger partial charge in [-0.05, 0) is 35.1 Å². The number of nitrogen functional groups attached to an aromatic ring is 2. The van der Waals surface area contributed by atoms with Crippen molar-refractivity contribution in [2.45, 2.75) is 12.8 Å². The molecule has 0 bridgehead atoms. The number of aromatic nitrogens is 1. The van der Waals surface area contributed by atoms with Gasteiger partial charge in [-0.1, -0.05) is 12.1 Å². The van der Waals surface area contributed by atoms with Gasteiger partial charge in [-0.3, -0.25) is 4.79 Å². The Morgan fingerprint density at radius 3 is 2.70 bits per heavy atom. The van der Waals surface area contributed by atoms with Crippen LogP contribution in [0.25, 0.3) is 21.2 Å². The molecule has 0 spiro atoms. The lowest BCUT2D eigenvalue weighted by Crippen LogP contribution is -2.18. The number of benzene rings is 1. The van der Waals surface area contributed by atoms with E-state index in [2.05, 4.69) is 15.7 Å². The number of thiophene rings is 1. The Kier molecular flexibility index (Phi) is 4.16. The first-order valence-electron chi connectivity index (χ1n) is 7.31. The van der Waals surface area contributed by atoms with Gasteiger partial charge in [0.25, 0.3) is 0 Å². The maximum absolute atomic E-state index is 11.5. The number of nitrogens with one attached hydrogen (secondary N) is 1. The molecule has 0 radical (unpaired) electrons. The summed E-state index contributed by atoms with van der Waals surface area (Å²) in [5.41, 5.74) is 15.8. The van der Waals surface area contributed by atoms with Crippen LogP contribution in [0.4, 0.5) is 11.5 Å². The van der Waals surface area contributed by atoms with Gasteiger partial charge in [0.15, 0.2) is 0 Å². The Labute approximate surface area is 138 Å². The van der Waals surface area contributed by atoms with Gasteiger partial charge in [-0.25, -0.2) is 4.98 Å². The number of carbonyl (C=O) groups excluding carboxylic acids is 1. The number of hydrogen-bond donors (Lipinski definition) is 3. The lowest BCUT2D eigenvalue weighted by atomic mass is 10.0. The fraction of sp³-hybridized carbons (Fsp3) is 0.176. The van der Waals surface area contributed by atoms with Gasteiger partial charge in [0.1, 0.15) is 5.82 Å². The van der Waals surface area contributed by atoms with Crippen LogP contribution in [0.15, 0.2) is 35.8 Å². The number of nitrogens with two attached hydrogens (primary N) is 2. The van der Waals surface area contributed by atoms with Gasteiger partial charge in [0, 0.05) is 41.0 Å². The molecule has 0 atom stereocenters. The fourth-order valence-electron chi connectivity index (χ4n) is 2.55. The van der Waals surface area contributed by atoms with Crippen LogP contribution in [0.3, 0.4) is 0 Å². The van der Waals surface area contributed by atoms with E-state index in [4.69, 9.17) is 11.5 Å². The molecular formula is C17H18N4OS. The van der Waals surface area contributed by atoms with E-state index in [-0.39, 0.29) is 5.91 Å². The Morgan fingerprint density at radius 1 is 1.26 bits per heavy atom. The quantitative estimate of drug-likeness (QED) is 0.643. The first-order chi connectivity index (χ1) is 11.1. The Hall–Kier alpha value is -2.60. The van der Waals surface area contributed by atoms with Crippen LogP contribution in [0, 0.1) is 0 Å². The smallest absolute Gasteiger partial charge is 0.220 e. The minimum absolute atomic E-state index is 0.0188. The molecule has 2 heterocycles. The number of anilines is 2. The van der Waals surface area contributed by atoms with Gasteiger partial charge in [0.2, 0.25) is 5.91 Å². The number of rotatable bonds is 4. The van der Waals surface area contributed by atoms with Crippen molar-refractivity contribution in [1.29, 1.82) is 0 Å². The highest BCUT2D eigenvalue weighted by Gasteiger charge is 2.14. The Morgan fingerprint density at radius 2 is 2.00 bits per heavy atom. The molecular weight excluding hydrogens is 308 g/mol. The second-order valence-corrected chi connectivity index (χ2v) is 6.20. The van der Waals surface area contributed by atoms with E-state index in [1.165, 1.54) is 0 Å². The van der Waals surface area contributed by atoms with Crippen LogP contribution in [0.5, 0.6) is 0 Å². The maximum atomic E-state index is 11.5. The third-order valence-corrected chi connectivity index (χ3v) is 4.88. The third-order valence-electron chi connectivity index (χ3n) is 3.82. The zero-order valence-corrected chi connectivity index (χ0v) is 13.6. The Balaban J connectivity index is 2.05. The number of hydrogen-bond acceptors (Lipinski definition) is 5. The van der Waals surface area contributed by atoms with E-state index < -0.39 is 0 Å². The highest BCUT2D eigenvalue weighted by atomic mass is 32.1. The van der Waals surface area contributed by atoms with E-state index in [0.717, 1.165) is 32.5 Å². The highest BCUT2D eigenvalue weighted by Crippen LogP contribution is 2.38. The Bertz CT molecular complexity index is 855. The van der Waals surface area contributed by atoms with Gasteiger partial charge in [-0.15, -0.1) is 11.3 Å². The molecule has 5 N–H and O–H groups in total. The molecule has 23 heavy (non-hydrogen) atoms. The van der Waals surface area contributed by atoms with Crippen molar-refractivity contribution < 1.29 is 4.79 Å². The predicted octanol–water partition coefficient (Wildman–Crippen LogP) is 2.81. The molecule has 6 heteroatoms. The molecule has 118 valence electrons. The molecule has 2 aromatic heterocycles. The van der Waals surface area contributed by atoms with E-state index in [9.17, 15) is 4.79 Å². The zero-order chi connectivity index (χ0) is 16.4. The summed E-state index contributed by atoms with van der Waals surface area (Å²) in [5.74, 6) is 0.530. The number of nitrogens with zero attached hydrogens (tertiary/aromatic N) is 1. The summed E-state index contributed by atoms with van der Waals surface area (Å²) in [6.07, 6.45) is 2.85. The molecule has 0 unspecified atom stereocenters. The van der Waals surface area contributed by atoms with Crippen molar-refractivity contribution in [3.8, 4) is 11.1 Å². The number of aryl methyl sites for hydroxylation is 1. The van der Waals surface area contributed by atoms with Crippen molar-refractivity contribution in [2.75, 3.05) is 18.5 Å². The molecule has 0 aliphatic heterocycles. The van der Waals surface area contributed by atoms with E-state index in [0.29, 0.717) is 18.7 Å². The molecule has 1 aromatic carbocycles. The van der Waals surface area contributed by atoms with Crippen LogP contribution < -0.4 is 16.8 Å². The third kappa shape index (κ3) is 2.98. The summed E-state index contributed by atoms with van der Waals surface area (Å²) in [6, 6.07) is 7.71. The molecule has 1 amide bonds. The minimum Gasteiger partial charge on any atom is -0.399 e. The zero-order valence-electron chi connectivity index (χ0n) is 12.8. The minimum atomic E-state index is 0.0188. The molecule has 5 nitrogen and oxygen atoms in total. The van der Waals surface area contributed by atoms with Crippen LogP contribution in [-0.2, 0) is 11.2 Å². The molecule has 0 saturated carbocycles. The van der Waals surface area contributed by atoms with Gasteiger partial charge in [-0.2, -0.15) is 0 Å². The summed E-state index contributed by atoms with van der Waals surface area (Å²) in [6.45, 7) is 0. The first-order valence-corrected chi connectivity index (χ1v) is 8.19. The summed E-state index contributed by atoms with van der Waals surface area (Å²) >= 11 is 1.63. The standard InChI is InChI=1S/C17H18N4OS/c1-20-14(22)7-4-11-8-21-17(19)15-13(9-23-16(11)15)10-2-5-12(18)6-3-10/h2-3,5-6,8-9H,4,7,18H2,1H3,(H2,19,21)(H,20,22). The largest absolute Gasteiger partial charge is 0.399 e. The number of fused-ring (bicyclic) bond motifs is 1. The van der Waals surface area contributed by atoms with Crippen molar-refractivity contribution >= 4 is 38.8 Å². The van der Waals surface area contributed by atoms with Gasteiger partial charge >= 0.3 is 0 Å². The van der Waals surface area contributed by atoms with Crippen LogP contribution in [-0.4, -0.2) is 17.9 Å². The molecule has 3 aromatic rings. The van der Waals surface area contributed by atoms with Crippen LogP contribution >= 0.6 is 11.3 Å². The van der Waals surface area contributed by atoms with Gasteiger partial charge < -0.3 is 16.8 Å². The molecule has 3 rings (SSSR count). The lowest BCUT2D eigenvalue weighted by molar-refractivity contribution is -0.120. The fourth-order valence-corrected chi connectivity index (χ4v) is 3.67. The topological polar surface area (TPSA) is 94.0 Å². The van der Waals surface area contributed by atoms with E-state index in [1.54, 1.807) is 24.6 Å². The number of amides is 1. The van der Waals surface area contributed by atoms with Crippen LogP contribution in [0.1, 0.15) is 12.0 Å². The van der Waals surface area contributed by atoms with Crippen molar-refractivity contribution in [3.63, 3.8) is 0 Å². The van der Waals surface area contributed by atoms with Crippen molar-refractivity contribution in [3.05, 3.63) is 41.4 Å². The summed E-state index contributed by atoms with van der Waals surface area (Å²) in [7, 11) is 1.64. The highest BCUT2D eigenvalue weighted by molar-refractivity contribution is 7.18. The van der Waals surface area contributed by atoms with E-state index in [1.807, 2.05) is 24.3 Å². The van der Waals surface area contributed by atoms with Gasteiger partial charge in [0.05, 0.1) is 0 Å². The molecule has 0 aliphatic rings. The van der Waals surface area contributed by atoms with E-state index >= 15 is 0 Å². The average Bonchev–Trinajstić information content (AvgIpc) is 3.00. The predicted molar refractivity (Wildman–Crippen MR) is 96.3 cm³/mol. The maximum Gasteiger partial charge on any atom is 0.220 e. The average molecular weight is 326 g/mol.